The minimum Gasteiger partial charge on any atom is -0.399 e. The summed E-state index contributed by atoms with van der Waals surface area (Å²) in [4.78, 5) is 2.14. The Labute approximate surface area is 191 Å². The van der Waals surface area contributed by atoms with E-state index in [1.807, 2.05) is 48.5 Å². The quantitative estimate of drug-likeness (QED) is 0.757. The molecule has 2 atom stereocenters. The number of allylic oxidation sites excluding steroid dienone is 2. The molecule has 0 unspecified atom stereocenters. The first-order valence-corrected chi connectivity index (χ1v) is 10.5. The van der Waals surface area contributed by atoms with Gasteiger partial charge in [0, 0.05) is 42.1 Å². The summed E-state index contributed by atoms with van der Waals surface area (Å²) >= 11 is 6.41. The van der Waals surface area contributed by atoms with E-state index in [0.717, 1.165) is 5.56 Å². The zero-order valence-electron chi connectivity index (χ0n) is 17.1. The molecule has 2 aromatic carbocycles. The van der Waals surface area contributed by atoms with Crippen LogP contribution in [-0.4, -0.2) is 18.0 Å². The molecule has 2 aliphatic rings. The number of fused-ring (bicyclic) bond motifs is 1. The van der Waals surface area contributed by atoms with Gasteiger partial charge in [0.2, 0.25) is 0 Å². The Morgan fingerprint density at radius 3 is 2.44 bits per heavy atom. The minimum absolute atomic E-state index is 0.0784. The van der Waals surface area contributed by atoms with Gasteiger partial charge in [-0.1, -0.05) is 54.1 Å². The molecule has 7 heteroatoms. The van der Waals surface area contributed by atoms with Crippen molar-refractivity contribution in [3.8, 4) is 18.2 Å². The monoisotopic (exact) mass is 443 g/mol. The van der Waals surface area contributed by atoms with E-state index in [-0.39, 0.29) is 21.9 Å². The molecule has 0 fully saturated rings. The average Bonchev–Trinajstić information content (AvgIpc) is 2.80. The van der Waals surface area contributed by atoms with Crippen LogP contribution in [0.3, 0.4) is 0 Å². The van der Waals surface area contributed by atoms with E-state index >= 15 is 4.39 Å². The second-order valence-electron chi connectivity index (χ2n) is 7.99. The predicted octanol–water partition coefficient (Wildman–Crippen LogP) is 4.40. The van der Waals surface area contributed by atoms with E-state index in [1.165, 1.54) is 18.2 Å². The molecule has 0 aromatic heterocycles. The molecule has 0 saturated heterocycles. The van der Waals surface area contributed by atoms with Crippen molar-refractivity contribution in [2.75, 3.05) is 13.1 Å². The highest BCUT2D eigenvalue weighted by atomic mass is 35.5. The molecule has 0 amide bonds. The highest BCUT2D eigenvalue weighted by Crippen LogP contribution is 2.55. The molecule has 1 heterocycles. The fourth-order valence-corrected chi connectivity index (χ4v) is 5.11. The first-order chi connectivity index (χ1) is 15.5. The van der Waals surface area contributed by atoms with Crippen molar-refractivity contribution in [3.05, 3.63) is 93.4 Å². The zero-order valence-corrected chi connectivity index (χ0v) is 17.9. The van der Waals surface area contributed by atoms with E-state index in [2.05, 4.69) is 11.0 Å². The molecule has 2 aromatic rings. The average molecular weight is 444 g/mol. The SMILES string of the molecule is N#CC1=C(N)C(C#N)(C#N)[C@@H](c2c(F)cccc2Cl)[C@H]2CN(Cc3ccccc3)CC=C12. The topological polar surface area (TPSA) is 101 Å². The largest absolute Gasteiger partial charge is 0.399 e. The molecule has 5 nitrogen and oxygen atoms in total. The number of rotatable bonds is 3. The molecule has 158 valence electrons. The molecule has 1 aliphatic carbocycles. The van der Waals surface area contributed by atoms with Crippen molar-refractivity contribution in [1.82, 2.24) is 4.90 Å². The van der Waals surface area contributed by atoms with Gasteiger partial charge in [-0.2, -0.15) is 15.8 Å². The fourth-order valence-electron chi connectivity index (χ4n) is 4.83. The summed E-state index contributed by atoms with van der Waals surface area (Å²) < 4.78 is 15.1. The molecule has 2 N–H and O–H groups in total. The third-order valence-electron chi connectivity index (χ3n) is 6.30. The van der Waals surface area contributed by atoms with Gasteiger partial charge in [0.05, 0.1) is 23.4 Å². The Kier molecular flexibility index (Phi) is 5.72. The second kappa shape index (κ2) is 8.48. The van der Waals surface area contributed by atoms with Crippen LogP contribution in [0.5, 0.6) is 0 Å². The van der Waals surface area contributed by atoms with Crippen LogP contribution in [-0.2, 0) is 6.54 Å². The Hall–Kier alpha value is -3.63. The molecule has 1 aliphatic heterocycles. The summed E-state index contributed by atoms with van der Waals surface area (Å²) in [5.74, 6) is -2.08. The van der Waals surface area contributed by atoms with Crippen LogP contribution < -0.4 is 5.73 Å². The van der Waals surface area contributed by atoms with Crippen LogP contribution >= 0.6 is 11.6 Å². The first kappa shape index (κ1) is 21.6. The summed E-state index contributed by atoms with van der Waals surface area (Å²) in [5, 5.41) is 30.2. The Morgan fingerprint density at radius 2 is 1.81 bits per heavy atom. The third-order valence-corrected chi connectivity index (χ3v) is 6.63. The predicted molar refractivity (Wildman–Crippen MR) is 118 cm³/mol. The summed E-state index contributed by atoms with van der Waals surface area (Å²) in [6.07, 6.45) is 1.89. The third kappa shape index (κ3) is 3.33. The molecule has 4 rings (SSSR count). The van der Waals surface area contributed by atoms with Gasteiger partial charge in [-0.15, -0.1) is 0 Å². The molecule has 0 spiro atoms. The van der Waals surface area contributed by atoms with Gasteiger partial charge < -0.3 is 5.73 Å². The minimum atomic E-state index is -1.92. The van der Waals surface area contributed by atoms with Crippen molar-refractivity contribution in [2.45, 2.75) is 12.5 Å². The number of hydrogen-bond acceptors (Lipinski definition) is 5. The lowest BCUT2D eigenvalue weighted by atomic mass is 9.58. The van der Waals surface area contributed by atoms with E-state index in [9.17, 15) is 15.8 Å². The summed E-state index contributed by atoms with van der Waals surface area (Å²) in [6, 6.07) is 20.3. The second-order valence-corrected chi connectivity index (χ2v) is 8.40. The van der Waals surface area contributed by atoms with Gasteiger partial charge in [0.1, 0.15) is 11.9 Å². The lowest BCUT2D eigenvalue weighted by Gasteiger charge is -2.45. The van der Waals surface area contributed by atoms with Crippen molar-refractivity contribution < 1.29 is 4.39 Å². The maximum atomic E-state index is 15.1. The summed E-state index contributed by atoms with van der Waals surface area (Å²) in [7, 11) is 0. The van der Waals surface area contributed by atoms with Gasteiger partial charge >= 0.3 is 0 Å². The number of hydrogen-bond donors (Lipinski definition) is 1. The highest BCUT2D eigenvalue weighted by molar-refractivity contribution is 6.31. The van der Waals surface area contributed by atoms with Crippen molar-refractivity contribution in [3.63, 3.8) is 0 Å². The van der Waals surface area contributed by atoms with Crippen LogP contribution in [0.25, 0.3) is 0 Å². The van der Waals surface area contributed by atoms with E-state index in [0.29, 0.717) is 25.2 Å². The number of nitriles is 3. The zero-order chi connectivity index (χ0) is 22.9. The summed E-state index contributed by atoms with van der Waals surface area (Å²) in [6.45, 7) is 1.61. The van der Waals surface area contributed by atoms with E-state index in [1.54, 1.807) is 0 Å². The molecule has 0 saturated carbocycles. The smallest absolute Gasteiger partial charge is 0.191 e. The fraction of sp³-hybridized carbons (Fsp3) is 0.240. The lowest BCUT2D eigenvalue weighted by Crippen LogP contribution is -2.48. The van der Waals surface area contributed by atoms with E-state index in [4.69, 9.17) is 17.3 Å². The first-order valence-electron chi connectivity index (χ1n) is 10.1. The molecular formula is C25H19ClFN5. The van der Waals surface area contributed by atoms with Gasteiger partial charge in [-0.3, -0.25) is 4.90 Å². The van der Waals surface area contributed by atoms with Crippen molar-refractivity contribution in [2.24, 2.45) is 17.1 Å². The van der Waals surface area contributed by atoms with Crippen LogP contribution in [0.2, 0.25) is 5.02 Å². The maximum Gasteiger partial charge on any atom is 0.191 e. The Bertz CT molecular complexity index is 1210. The van der Waals surface area contributed by atoms with Crippen LogP contribution in [0, 0.1) is 51.1 Å². The molecule has 0 bridgehead atoms. The molecular weight excluding hydrogens is 425 g/mol. The highest BCUT2D eigenvalue weighted by Gasteiger charge is 2.55. The van der Waals surface area contributed by atoms with Gasteiger partial charge in [-0.25, -0.2) is 4.39 Å². The van der Waals surface area contributed by atoms with E-state index < -0.39 is 23.1 Å². The number of nitrogens with two attached hydrogens (primary N) is 1. The van der Waals surface area contributed by atoms with Crippen molar-refractivity contribution in [1.29, 1.82) is 15.8 Å². The van der Waals surface area contributed by atoms with Crippen molar-refractivity contribution >= 4 is 11.6 Å². The molecule has 32 heavy (non-hydrogen) atoms. The number of nitrogens with zero attached hydrogens (tertiary/aromatic N) is 4. The van der Waals surface area contributed by atoms with Gasteiger partial charge in [0.25, 0.3) is 0 Å². The Morgan fingerprint density at radius 1 is 1.09 bits per heavy atom. The normalized spacial score (nSPS) is 22.2. The van der Waals surface area contributed by atoms with Crippen LogP contribution in [0.1, 0.15) is 17.0 Å². The van der Waals surface area contributed by atoms with Gasteiger partial charge in [-0.05, 0) is 23.3 Å². The van der Waals surface area contributed by atoms with Crippen LogP contribution in [0.15, 0.2) is 71.5 Å². The maximum absolute atomic E-state index is 15.1. The van der Waals surface area contributed by atoms with Gasteiger partial charge in [0.15, 0.2) is 5.41 Å². The standard InChI is InChI=1S/C25H19ClFN5/c26-20-7-4-8-21(27)22(20)23-19-13-32(12-16-5-2-1-3-6-16)10-9-17(19)18(11-28)24(31)25(23,14-29)15-30/h1-9,19,23H,10,12-13,31H2/t19-,23+/m0/s1. The summed E-state index contributed by atoms with van der Waals surface area (Å²) in [5.41, 5.74) is 6.15. The number of benzene rings is 2. The van der Waals surface area contributed by atoms with Crippen LogP contribution in [0.4, 0.5) is 4.39 Å². The number of halogens is 2. The molecule has 0 radical (unpaired) electrons. The lowest BCUT2D eigenvalue weighted by molar-refractivity contribution is 0.199. The Balaban J connectivity index is 1.90.